The van der Waals surface area contributed by atoms with E-state index in [1.165, 1.54) is 10.9 Å². The van der Waals surface area contributed by atoms with Crippen LogP contribution in [0.2, 0.25) is 0 Å². The van der Waals surface area contributed by atoms with E-state index in [1.807, 2.05) is 30.3 Å². The Balaban J connectivity index is 1.97. The number of hydrogen-bond donors (Lipinski definition) is 0. The van der Waals surface area contributed by atoms with Crippen molar-refractivity contribution in [3.8, 4) is 16.9 Å². The second-order valence-electron chi connectivity index (χ2n) is 5.89. The minimum absolute atomic E-state index is 0.0854. The van der Waals surface area contributed by atoms with Crippen LogP contribution in [0.1, 0.15) is 17.3 Å². The summed E-state index contributed by atoms with van der Waals surface area (Å²) in [7, 11) is 0. The number of benzene rings is 3. The Morgan fingerprint density at radius 1 is 0.792 bits per heavy atom. The molecule has 0 aliphatic rings. The molecule has 0 spiro atoms. The highest BCUT2D eigenvalue weighted by Crippen LogP contribution is 2.31. The quantitative estimate of drug-likeness (QED) is 0.458. The van der Waals surface area contributed by atoms with Crippen molar-refractivity contribution in [2.24, 2.45) is 0 Å². The third-order valence-electron chi connectivity index (χ3n) is 4.31. The van der Waals surface area contributed by atoms with Crippen LogP contribution in [-0.4, -0.2) is 10.4 Å². The van der Waals surface area contributed by atoms with Crippen LogP contribution in [0.5, 0.6) is 0 Å². The molecule has 0 atom stereocenters. The van der Waals surface area contributed by atoms with Gasteiger partial charge in [0, 0.05) is 16.6 Å². The van der Waals surface area contributed by atoms with Crippen molar-refractivity contribution in [1.82, 2.24) is 4.57 Å². The second-order valence-corrected chi connectivity index (χ2v) is 5.89. The van der Waals surface area contributed by atoms with Crippen molar-refractivity contribution >= 4 is 16.7 Å². The number of para-hydroxylation sites is 1. The molecule has 3 aromatic carbocycles. The summed E-state index contributed by atoms with van der Waals surface area (Å²) in [6, 6.07) is 28.7. The van der Waals surface area contributed by atoms with Gasteiger partial charge in [0.05, 0.1) is 11.2 Å². The summed E-state index contributed by atoms with van der Waals surface area (Å²) < 4.78 is 2.24. The predicted octanol–water partition coefficient (Wildman–Crippen LogP) is 5.50. The average molecular weight is 311 g/mol. The van der Waals surface area contributed by atoms with Gasteiger partial charge in [0.1, 0.15) is 0 Å². The standard InChI is InChI=1S/C22H17NO/c1-16(24)17-11-13-20(14-12-17)23-21-10-6-5-9-19(21)15-22(23)18-7-3-2-4-8-18/h2-15H,1H3. The highest BCUT2D eigenvalue weighted by molar-refractivity contribution is 5.94. The molecule has 2 nitrogen and oxygen atoms in total. The molecule has 0 saturated carbocycles. The summed E-state index contributed by atoms with van der Waals surface area (Å²) in [6.07, 6.45) is 0. The average Bonchev–Trinajstić information content (AvgIpc) is 3.02. The highest BCUT2D eigenvalue weighted by atomic mass is 16.1. The number of hydrogen-bond acceptors (Lipinski definition) is 1. The Morgan fingerprint density at radius 3 is 2.17 bits per heavy atom. The summed E-state index contributed by atoms with van der Waals surface area (Å²) in [5.41, 5.74) is 5.26. The van der Waals surface area contributed by atoms with Gasteiger partial charge in [-0.05, 0) is 48.9 Å². The van der Waals surface area contributed by atoms with Gasteiger partial charge in [-0.3, -0.25) is 4.79 Å². The molecule has 0 unspecified atom stereocenters. The number of aromatic nitrogens is 1. The van der Waals surface area contributed by atoms with Crippen molar-refractivity contribution in [1.29, 1.82) is 0 Å². The first-order valence-electron chi connectivity index (χ1n) is 8.01. The zero-order chi connectivity index (χ0) is 16.5. The van der Waals surface area contributed by atoms with Gasteiger partial charge in [-0.15, -0.1) is 0 Å². The first-order valence-corrected chi connectivity index (χ1v) is 8.01. The summed E-state index contributed by atoms with van der Waals surface area (Å²) in [5, 5.41) is 1.20. The van der Waals surface area contributed by atoms with Gasteiger partial charge in [0.15, 0.2) is 5.78 Å². The Labute approximate surface area is 141 Å². The molecule has 4 rings (SSSR count). The molecular formula is C22H17NO. The Morgan fingerprint density at radius 2 is 1.46 bits per heavy atom. The van der Waals surface area contributed by atoms with Crippen molar-refractivity contribution in [2.45, 2.75) is 6.92 Å². The lowest BCUT2D eigenvalue weighted by Gasteiger charge is -2.12. The van der Waals surface area contributed by atoms with Gasteiger partial charge in [-0.2, -0.15) is 0 Å². The normalized spacial score (nSPS) is 10.9. The number of nitrogens with zero attached hydrogens (tertiary/aromatic N) is 1. The third kappa shape index (κ3) is 2.42. The van der Waals surface area contributed by atoms with Crippen LogP contribution < -0.4 is 0 Å². The molecule has 0 aliphatic carbocycles. The van der Waals surface area contributed by atoms with Crippen LogP contribution in [0, 0.1) is 0 Å². The van der Waals surface area contributed by atoms with Crippen molar-refractivity contribution in [3.63, 3.8) is 0 Å². The van der Waals surface area contributed by atoms with E-state index in [4.69, 9.17) is 0 Å². The molecule has 24 heavy (non-hydrogen) atoms. The van der Waals surface area contributed by atoms with E-state index in [9.17, 15) is 4.79 Å². The Bertz CT molecular complexity index is 1010. The lowest BCUT2D eigenvalue weighted by Crippen LogP contribution is -1.98. The number of rotatable bonds is 3. The van der Waals surface area contributed by atoms with E-state index in [2.05, 4.69) is 59.2 Å². The maximum Gasteiger partial charge on any atom is 0.159 e. The van der Waals surface area contributed by atoms with E-state index < -0.39 is 0 Å². The highest BCUT2D eigenvalue weighted by Gasteiger charge is 2.12. The van der Waals surface area contributed by atoms with Gasteiger partial charge >= 0.3 is 0 Å². The largest absolute Gasteiger partial charge is 0.309 e. The van der Waals surface area contributed by atoms with Gasteiger partial charge in [-0.25, -0.2) is 0 Å². The van der Waals surface area contributed by atoms with Crippen molar-refractivity contribution in [3.05, 3.63) is 90.5 Å². The monoisotopic (exact) mass is 311 g/mol. The van der Waals surface area contributed by atoms with Gasteiger partial charge in [0.2, 0.25) is 0 Å². The molecule has 0 N–H and O–H groups in total. The molecule has 1 aromatic heterocycles. The van der Waals surface area contributed by atoms with Crippen LogP contribution >= 0.6 is 0 Å². The van der Waals surface area contributed by atoms with E-state index in [0.29, 0.717) is 0 Å². The van der Waals surface area contributed by atoms with E-state index in [0.717, 1.165) is 22.5 Å². The molecular weight excluding hydrogens is 294 g/mol. The molecule has 4 aromatic rings. The van der Waals surface area contributed by atoms with Crippen LogP contribution in [0.4, 0.5) is 0 Å². The minimum atomic E-state index is 0.0854. The van der Waals surface area contributed by atoms with Crippen molar-refractivity contribution in [2.75, 3.05) is 0 Å². The van der Waals surface area contributed by atoms with Crippen molar-refractivity contribution < 1.29 is 4.79 Å². The Hall–Kier alpha value is -3.13. The van der Waals surface area contributed by atoms with Gasteiger partial charge < -0.3 is 4.57 Å². The first-order chi connectivity index (χ1) is 11.7. The van der Waals surface area contributed by atoms with Crippen LogP contribution in [0.3, 0.4) is 0 Å². The van der Waals surface area contributed by atoms with Crippen LogP contribution in [-0.2, 0) is 0 Å². The smallest absolute Gasteiger partial charge is 0.159 e. The van der Waals surface area contributed by atoms with E-state index >= 15 is 0 Å². The molecule has 0 fully saturated rings. The van der Waals surface area contributed by atoms with Gasteiger partial charge in [0.25, 0.3) is 0 Å². The number of carbonyl (C=O) groups is 1. The van der Waals surface area contributed by atoms with Crippen LogP contribution in [0.15, 0.2) is 84.9 Å². The predicted molar refractivity (Wildman–Crippen MR) is 98.7 cm³/mol. The SMILES string of the molecule is CC(=O)c1ccc(-n2c(-c3ccccc3)cc3ccccc32)cc1. The molecule has 116 valence electrons. The Kier molecular flexibility index (Phi) is 3.51. The molecule has 0 aliphatic heterocycles. The zero-order valence-corrected chi connectivity index (χ0v) is 13.4. The maximum atomic E-state index is 11.5. The lowest BCUT2D eigenvalue weighted by atomic mass is 10.1. The third-order valence-corrected chi connectivity index (χ3v) is 4.31. The van der Waals surface area contributed by atoms with Crippen LogP contribution in [0.25, 0.3) is 27.8 Å². The lowest BCUT2D eigenvalue weighted by molar-refractivity contribution is 0.101. The summed E-state index contributed by atoms with van der Waals surface area (Å²) >= 11 is 0. The summed E-state index contributed by atoms with van der Waals surface area (Å²) in [4.78, 5) is 11.5. The number of Topliss-reactive ketones (excluding diaryl/α,β-unsaturated/α-hetero) is 1. The fourth-order valence-electron chi connectivity index (χ4n) is 3.10. The van der Waals surface area contributed by atoms with E-state index in [-0.39, 0.29) is 5.78 Å². The van der Waals surface area contributed by atoms with Gasteiger partial charge in [-0.1, -0.05) is 48.5 Å². The fourth-order valence-corrected chi connectivity index (χ4v) is 3.10. The number of carbonyl (C=O) groups excluding carboxylic acids is 1. The molecule has 2 heteroatoms. The molecule has 0 amide bonds. The zero-order valence-electron chi connectivity index (χ0n) is 13.4. The summed E-state index contributed by atoms with van der Waals surface area (Å²) in [6.45, 7) is 1.59. The first kappa shape index (κ1) is 14.5. The number of fused-ring (bicyclic) bond motifs is 1. The molecule has 0 radical (unpaired) electrons. The second kappa shape index (κ2) is 5.82. The van der Waals surface area contributed by atoms with E-state index in [1.54, 1.807) is 6.92 Å². The molecule has 0 saturated heterocycles. The maximum absolute atomic E-state index is 11.5. The molecule has 0 bridgehead atoms. The number of ketones is 1. The fraction of sp³-hybridized carbons (Fsp3) is 0.0455. The summed E-state index contributed by atoms with van der Waals surface area (Å²) in [5.74, 6) is 0.0854. The molecule has 1 heterocycles. The minimum Gasteiger partial charge on any atom is -0.309 e. The topological polar surface area (TPSA) is 22.0 Å².